The van der Waals surface area contributed by atoms with Gasteiger partial charge in [-0.15, -0.1) is 0 Å². The maximum atomic E-state index is 12.6. The highest BCUT2D eigenvalue weighted by atomic mass is 19.4. The van der Waals surface area contributed by atoms with Crippen molar-refractivity contribution in [3.8, 4) is 22.9 Å². The van der Waals surface area contributed by atoms with Crippen molar-refractivity contribution >= 4 is 0 Å². The minimum absolute atomic E-state index is 0.144. The normalized spacial score (nSPS) is 11.4. The Balaban J connectivity index is 1.86. The summed E-state index contributed by atoms with van der Waals surface area (Å²) in [5, 5.41) is 0. The van der Waals surface area contributed by atoms with E-state index in [2.05, 4.69) is 9.97 Å². The summed E-state index contributed by atoms with van der Waals surface area (Å²) in [5.74, 6) is 1.31. The first kappa shape index (κ1) is 14.2. The molecule has 0 spiro atoms. The zero-order valence-electron chi connectivity index (χ0n) is 11.3. The van der Waals surface area contributed by atoms with Gasteiger partial charge in [0.25, 0.3) is 0 Å². The SMILES string of the molecule is FC(F)(F)c1cnc(-c2cccc(Oc3ccccc3)c2)[nH]1. The zero-order valence-corrected chi connectivity index (χ0v) is 11.3. The van der Waals surface area contributed by atoms with Crippen LogP contribution in [0.5, 0.6) is 11.5 Å². The number of imidazole rings is 1. The van der Waals surface area contributed by atoms with Gasteiger partial charge in [0.15, 0.2) is 0 Å². The Labute approximate surface area is 124 Å². The van der Waals surface area contributed by atoms with Crippen LogP contribution < -0.4 is 4.74 Å². The Bertz CT molecular complexity index is 766. The number of aromatic nitrogens is 2. The summed E-state index contributed by atoms with van der Waals surface area (Å²) in [4.78, 5) is 6.04. The summed E-state index contributed by atoms with van der Waals surface area (Å²) in [6.45, 7) is 0. The molecule has 3 nitrogen and oxygen atoms in total. The largest absolute Gasteiger partial charge is 0.457 e. The summed E-state index contributed by atoms with van der Waals surface area (Å²) in [7, 11) is 0. The fourth-order valence-electron chi connectivity index (χ4n) is 1.94. The van der Waals surface area contributed by atoms with Gasteiger partial charge >= 0.3 is 6.18 Å². The third kappa shape index (κ3) is 3.11. The monoisotopic (exact) mass is 304 g/mol. The molecule has 0 atom stereocenters. The molecule has 3 rings (SSSR count). The number of rotatable bonds is 3. The molecule has 0 unspecified atom stereocenters. The predicted molar refractivity (Wildman–Crippen MR) is 75.5 cm³/mol. The molecule has 112 valence electrons. The van der Waals surface area contributed by atoms with Crippen molar-refractivity contribution < 1.29 is 17.9 Å². The molecule has 0 saturated heterocycles. The molecule has 3 aromatic rings. The molecule has 0 radical (unpaired) electrons. The molecule has 22 heavy (non-hydrogen) atoms. The van der Waals surface area contributed by atoms with E-state index in [-0.39, 0.29) is 5.82 Å². The molecule has 0 bridgehead atoms. The fraction of sp³-hybridized carbons (Fsp3) is 0.0625. The highest BCUT2D eigenvalue weighted by molar-refractivity contribution is 5.58. The first-order chi connectivity index (χ1) is 10.5. The third-order valence-corrected chi connectivity index (χ3v) is 2.97. The topological polar surface area (TPSA) is 37.9 Å². The molecule has 0 amide bonds. The zero-order chi connectivity index (χ0) is 15.6. The van der Waals surface area contributed by atoms with Crippen molar-refractivity contribution in [2.75, 3.05) is 0 Å². The van der Waals surface area contributed by atoms with E-state index in [4.69, 9.17) is 4.74 Å². The van der Waals surface area contributed by atoms with Crippen molar-refractivity contribution in [3.63, 3.8) is 0 Å². The van der Waals surface area contributed by atoms with Crippen LogP contribution in [0, 0.1) is 0 Å². The number of nitrogens with zero attached hydrogens (tertiary/aromatic N) is 1. The van der Waals surface area contributed by atoms with Crippen LogP contribution in [0.4, 0.5) is 13.2 Å². The van der Waals surface area contributed by atoms with Crippen LogP contribution >= 0.6 is 0 Å². The van der Waals surface area contributed by atoms with Gasteiger partial charge in [-0.2, -0.15) is 13.2 Å². The van der Waals surface area contributed by atoms with Crippen LogP contribution in [0.1, 0.15) is 5.69 Å². The van der Waals surface area contributed by atoms with E-state index in [0.717, 1.165) is 6.20 Å². The average molecular weight is 304 g/mol. The minimum Gasteiger partial charge on any atom is -0.457 e. The van der Waals surface area contributed by atoms with Crippen LogP contribution in [0.3, 0.4) is 0 Å². The van der Waals surface area contributed by atoms with E-state index in [1.165, 1.54) is 0 Å². The van der Waals surface area contributed by atoms with Gasteiger partial charge in [0, 0.05) is 5.56 Å². The van der Waals surface area contributed by atoms with Gasteiger partial charge < -0.3 is 9.72 Å². The number of hydrogen-bond acceptors (Lipinski definition) is 2. The van der Waals surface area contributed by atoms with Crippen LogP contribution in [0.15, 0.2) is 60.8 Å². The first-order valence-corrected chi connectivity index (χ1v) is 6.48. The molecule has 1 N–H and O–H groups in total. The van der Waals surface area contributed by atoms with Crippen molar-refractivity contribution in [2.45, 2.75) is 6.18 Å². The predicted octanol–water partition coefficient (Wildman–Crippen LogP) is 4.89. The molecule has 0 saturated carbocycles. The summed E-state index contributed by atoms with van der Waals surface area (Å²) in [6.07, 6.45) is -3.66. The average Bonchev–Trinajstić information content (AvgIpc) is 2.99. The lowest BCUT2D eigenvalue weighted by molar-refractivity contribution is -0.140. The molecule has 1 heterocycles. The van der Waals surface area contributed by atoms with Gasteiger partial charge in [0.2, 0.25) is 0 Å². The number of halogens is 3. The number of para-hydroxylation sites is 1. The lowest BCUT2D eigenvalue weighted by Crippen LogP contribution is -2.04. The molecule has 0 fully saturated rings. The van der Waals surface area contributed by atoms with E-state index >= 15 is 0 Å². The van der Waals surface area contributed by atoms with Crippen LogP contribution in [0.25, 0.3) is 11.4 Å². The molecular weight excluding hydrogens is 293 g/mol. The molecule has 1 aromatic heterocycles. The molecule has 2 aromatic carbocycles. The minimum atomic E-state index is -4.44. The highest BCUT2D eigenvalue weighted by Crippen LogP contribution is 2.30. The van der Waals surface area contributed by atoms with Gasteiger partial charge in [-0.1, -0.05) is 30.3 Å². The van der Waals surface area contributed by atoms with Crippen molar-refractivity contribution in [2.24, 2.45) is 0 Å². The molecule has 0 aliphatic carbocycles. The third-order valence-electron chi connectivity index (χ3n) is 2.97. The molecule has 0 aliphatic rings. The Morgan fingerprint density at radius 3 is 2.32 bits per heavy atom. The van der Waals surface area contributed by atoms with E-state index in [9.17, 15) is 13.2 Å². The van der Waals surface area contributed by atoms with E-state index in [0.29, 0.717) is 17.1 Å². The van der Waals surface area contributed by atoms with Crippen molar-refractivity contribution in [3.05, 3.63) is 66.5 Å². The molecular formula is C16H11F3N2O. The highest BCUT2D eigenvalue weighted by Gasteiger charge is 2.33. The Morgan fingerprint density at radius 1 is 0.909 bits per heavy atom. The van der Waals surface area contributed by atoms with E-state index in [1.54, 1.807) is 36.4 Å². The Morgan fingerprint density at radius 2 is 1.64 bits per heavy atom. The smallest absolute Gasteiger partial charge is 0.432 e. The van der Waals surface area contributed by atoms with Gasteiger partial charge in [0.1, 0.15) is 23.0 Å². The van der Waals surface area contributed by atoms with E-state index in [1.807, 2.05) is 18.2 Å². The van der Waals surface area contributed by atoms with Gasteiger partial charge in [0.05, 0.1) is 6.20 Å². The number of benzene rings is 2. The summed E-state index contributed by atoms with van der Waals surface area (Å²) in [6, 6.07) is 15.8. The number of alkyl halides is 3. The second kappa shape index (κ2) is 5.55. The standard InChI is InChI=1S/C16H11F3N2O/c17-16(18,19)14-10-20-15(21-14)11-5-4-8-13(9-11)22-12-6-2-1-3-7-12/h1-10H,(H,20,21). The van der Waals surface area contributed by atoms with Crippen molar-refractivity contribution in [1.82, 2.24) is 9.97 Å². The van der Waals surface area contributed by atoms with Gasteiger partial charge in [-0.25, -0.2) is 4.98 Å². The Hall–Kier alpha value is -2.76. The lowest BCUT2D eigenvalue weighted by atomic mass is 10.2. The first-order valence-electron chi connectivity index (χ1n) is 6.48. The number of aromatic amines is 1. The maximum Gasteiger partial charge on any atom is 0.432 e. The van der Waals surface area contributed by atoms with Crippen LogP contribution in [0.2, 0.25) is 0 Å². The van der Waals surface area contributed by atoms with E-state index < -0.39 is 11.9 Å². The maximum absolute atomic E-state index is 12.6. The van der Waals surface area contributed by atoms with Gasteiger partial charge in [-0.3, -0.25) is 0 Å². The molecule has 0 aliphatic heterocycles. The molecule has 6 heteroatoms. The second-order valence-electron chi connectivity index (χ2n) is 4.59. The van der Waals surface area contributed by atoms with Crippen LogP contribution in [-0.4, -0.2) is 9.97 Å². The summed E-state index contributed by atoms with van der Waals surface area (Å²) in [5.41, 5.74) is -0.360. The fourth-order valence-corrected chi connectivity index (χ4v) is 1.94. The van der Waals surface area contributed by atoms with Crippen LogP contribution in [-0.2, 0) is 6.18 Å². The van der Waals surface area contributed by atoms with Crippen molar-refractivity contribution in [1.29, 1.82) is 0 Å². The summed E-state index contributed by atoms with van der Waals surface area (Å²) >= 11 is 0. The quantitative estimate of drug-likeness (QED) is 0.748. The Kier molecular flexibility index (Phi) is 3.58. The second-order valence-corrected chi connectivity index (χ2v) is 4.59. The lowest BCUT2D eigenvalue weighted by Gasteiger charge is -2.06. The number of hydrogen-bond donors (Lipinski definition) is 1. The number of H-pyrrole nitrogens is 1. The number of ether oxygens (including phenoxy) is 1. The van der Waals surface area contributed by atoms with Gasteiger partial charge in [-0.05, 0) is 24.3 Å². The summed E-state index contributed by atoms with van der Waals surface area (Å²) < 4.78 is 43.4. The number of nitrogens with one attached hydrogen (secondary N) is 1.